The lowest BCUT2D eigenvalue weighted by molar-refractivity contribution is -0.129. The number of nitrogens with zero attached hydrogens (tertiary/aromatic N) is 4. The number of benzene rings is 2. The molecule has 0 unspecified atom stereocenters. The number of nitrogens with one attached hydrogen (secondary N) is 1. The van der Waals surface area contributed by atoms with Gasteiger partial charge in [-0.1, -0.05) is 35.9 Å². The number of hydrogen-bond acceptors (Lipinski definition) is 7. The minimum atomic E-state index is -3.72. The molecular formula is C32H30ClF2N5O5S. The number of ketones is 1. The molecule has 1 aliphatic carbocycles. The van der Waals surface area contributed by atoms with E-state index in [-0.39, 0.29) is 77.8 Å². The second-order valence-electron chi connectivity index (χ2n) is 11.5. The molecule has 2 fully saturated rings. The Labute approximate surface area is 270 Å². The van der Waals surface area contributed by atoms with Crippen molar-refractivity contribution in [3.8, 4) is 6.07 Å². The number of sulfonamides is 1. The van der Waals surface area contributed by atoms with Gasteiger partial charge in [0.25, 0.3) is 5.91 Å². The molecule has 2 heterocycles. The fourth-order valence-corrected chi connectivity index (χ4v) is 6.74. The Morgan fingerprint density at radius 3 is 2.59 bits per heavy atom. The van der Waals surface area contributed by atoms with Gasteiger partial charge in [0.2, 0.25) is 21.9 Å². The van der Waals surface area contributed by atoms with Gasteiger partial charge in [0.1, 0.15) is 17.9 Å². The number of nitriles is 1. The molecule has 3 aromatic rings. The van der Waals surface area contributed by atoms with Crippen LogP contribution in [0, 0.1) is 17.2 Å². The van der Waals surface area contributed by atoms with Crippen molar-refractivity contribution in [1.82, 2.24) is 4.98 Å². The first-order valence-corrected chi connectivity index (χ1v) is 16.8. The van der Waals surface area contributed by atoms with Crippen molar-refractivity contribution in [1.29, 1.82) is 5.26 Å². The monoisotopic (exact) mass is 669 g/mol. The maximum absolute atomic E-state index is 14.8. The van der Waals surface area contributed by atoms with E-state index in [0.717, 1.165) is 6.26 Å². The standard InChI is InChI=1S/C32H30ClF2N5O5S/c1-46(44,45)38-22-5-4-6-23(16-22)39(31(43)26-10-12-29(42)40(26)28-15-20(19-36)13-14-37-28)30(24-7-2-3-8-25(24)33)27(41)11-9-21-17-32(34,35)18-21/h2-8,13-16,21,26,30,38H,9-12,17-18H2,1H3/t26-,30-/m0/s1. The number of aromatic nitrogens is 1. The smallest absolute Gasteiger partial charge is 0.251 e. The summed E-state index contributed by atoms with van der Waals surface area (Å²) in [5, 5.41) is 9.59. The first-order chi connectivity index (χ1) is 21.8. The number of alkyl halides is 2. The van der Waals surface area contributed by atoms with E-state index in [2.05, 4.69) is 9.71 Å². The minimum absolute atomic E-state index is 0.0149. The van der Waals surface area contributed by atoms with Crippen molar-refractivity contribution in [3.63, 3.8) is 0 Å². The van der Waals surface area contributed by atoms with Crippen LogP contribution in [0.5, 0.6) is 0 Å². The molecule has 2 aliphatic rings. The molecule has 1 aromatic heterocycles. The van der Waals surface area contributed by atoms with Gasteiger partial charge in [-0.25, -0.2) is 22.2 Å². The van der Waals surface area contributed by atoms with Crippen LogP contribution in [0.3, 0.4) is 0 Å². The second-order valence-corrected chi connectivity index (χ2v) is 13.7. The summed E-state index contributed by atoms with van der Waals surface area (Å²) < 4.78 is 53.6. The predicted octanol–water partition coefficient (Wildman–Crippen LogP) is 5.64. The van der Waals surface area contributed by atoms with E-state index in [1.54, 1.807) is 24.3 Å². The van der Waals surface area contributed by atoms with Crippen LogP contribution >= 0.6 is 11.6 Å². The van der Waals surface area contributed by atoms with Crippen LogP contribution in [0.2, 0.25) is 5.02 Å². The number of amides is 2. The van der Waals surface area contributed by atoms with Crippen molar-refractivity contribution in [2.75, 3.05) is 20.8 Å². The lowest BCUT2D eigenvalue weighted by atomic mass is 9.77. The zero-order chi connectivity index (χ0) is 33.2. The molecule has 240 valence electrons. The largest absolute Gasteiger partial charge is 0.297 e. The van der Waals surface area contributed by atoms with Crippen molar-refractivity contribution in [3.05, 3.63) is 83.0 Å². The zero-order valence-corrected chi connectivity index (χ0v) is 26.3. The van der Waals surface area contributed by atoms with Gasteiger partial charge in [-0.05, 0) is 55.2 Å². The lowest BCUT2D eigenvalue weighted by Gasteiger charge is -2.37. The predicted molar refractivity (Wildman–Crippen MR) is 168 cm³/mol. The maximum Gasteiger partial charge on any atom is 0.251 e. The average molecular weight is 670 g/mol. The van der Waals surface area contributed by atoms with Gasteiger partial charge in [-0.15, -0.1) is 0 Å². The van der Waals surface area contributed by atoms with Gasteiger partial charge in [0.15, 0.2) is 5.78 Å². The van der Waals surface area contributed by atoms with Crippen LogP contribution in [0.15, 0.2) is 66.9 Å². The summed E-state index contributed by atoms with van der Waals surface area (Å²) >= 11 is 6.61. The molecule has 5 rings (SSSR count). The van der Waals surface area contributed by atoms with E-state index in [4.69, 9.17) is 11.6 Å². The van der Waals surface area contributed by atoms with Gasteiger partial charge in [-0.3, -0.25) is 28.9 Å². The summed E-state index contributed by atoms with van der Waals surface area (Å²) in [6.07, 6.45) is 1.74. The second kappa shape index (κ2) is 13.1. The number of Topliss-reactive ketones (excluding diaryl/α,β-unsaturated/α-hetero) is 1. The highest BCUT2D eigenvalue weighted by Crippen LogP contribution is 2.45. The van der Waals surface area contributed by atoms with Crippen LogP contribution in [0.4, 0.5) is 26.0 Å². The van der Waals surface area contributed by atoms with E-state index >= 15 is 0 Å². The van der Waals surface area contributed by atoms with Gasteiger partial charge < -0.3 is 0 Å². The quantitative estimate of drug-likeness (QED) is 0.279. The Bertz CT molecular complexity index is 1820. The third-order valence-corrected chi connectivity index (χ3v) is 8.97. The Kier molecular flexibility index (Phi) is 9.42. The van der Waals surface area contributed by atoms with Crippen LogP contribution in [0.25, 0.3) is 0 Å². The Hall–Kier alpha value is -4.41. The molecular weight excluding hydrogens is 640 g/mol. The van der Waals surface area contributed by atoms with Crippen LogP contribution < -0.4 is 14.5 Å². The first kappa shape index (κ1) is 33.0. The van der Waals surface area contributed by atoms with E-state index in [0.29, 0.717) is 0 Å². The number of rotatable bonds is 11. The van der Waals surface area contributed by atoms with Gasteiger partial charge in [-0.2, -0.15) is 5.26 Å². The molecule has 2 aromatic carbocycles. The maximum atomic E-state index is 14.8. The molecule has 2 amide bonds. The Morgan fingerprint density at radius 1 is 1.17 bits per heavy atom. The van der Waals surface area contributed by atoms with Crippen molar-refractivity contribution in [2.24, 2.45) is 5.92 Å². The minimum Gasteiger partial charge on any atom is -0.297 e. The molecule has 1 saturated carbocycles. The third kappa shape index (κ3) is 7.35. The number of halogens is 3. The summed E-state index contributed by atoms with van der Waals surface area (Å²) in [7, 11) is -3.72. The van der Waals surface area contributed by atoms with Crippen molar-refractivity contribution >= 4 is 56.4 Å². The molecule has 0 radical (unpaired) electrons. The summed E-state index contributed by atoms with van der Waals surface area (Å²) in [5.74, 6) is -4.61. The zero-order valence-electron chi connectivity index (χ0n) is 24.7. The Balaban J connectivity index is 1.61. The highest BCUT2D eigenvalue weighted by molar-refractivity contribution is 7.92. The fourth-order valence-electron chi connectivity index (χ4n) is 5.95. The van der Waals surface area contributed by atoms with Gasteiger partial charge >= 0.3 is 0 Å². The molecule has 0 spiro atoms. The van der Waals surface area contributed by atoms with Gasteiger partial charge in [0, 0.05) is 48.2 Å². The summed E-state index contributed by atoms with van der Waals surface area (Å²) in [6.45, 7) is 0. The lowest BCUT2D eigenvalue weighted by Crippen LogP contribution is -2.50. The number of carbonyl (C=O) groups excluding carboxylic acids is 3. The topological polar surface area (TPSA) is 141 Å². The summed E-state index contributed by atoms with van der Waals surface area (Å²) in [6, 6.07) is 14.6. The van der Waals surface area contributed by atoms with Crippen molar-refractivity contribution in [2.45, 2.75) is 56.5 Å². The van der Waals surface area contributed by atoms with E-state index in [9.17, 15) is 36.8 Å². The molecule has 0 bridgehead atoms. The summed E-state index contributed by atoms with van der Waals surface area (Å²) in [4.78, 5) is 48.7. The van der Waals surface area contributed by atoms with E-state index < -0.39 is 45.6 Å². The molecule has 10 nitrogen and oxygen atoms in total. The number of pyridine rings is 1. The van der Waals surface area contributed by atoms with Crippen LogP contribution in [-0.2, 0) is 24.4 Å². The van der Waals surface area contributed by atoms with Crippen LogP contribution in [-0.4, -0.2) is 49.2 Å². The SMILES string of the molecule is CS(=O)(=O)Nc1cccc(N(C(=O)[C@@H]2CCC(=O)N2c2cc(C#N)ccn2)[C@H](C(=O)CCC2CC(F)(F)C2)c2ccccc2Cl)c1. The Morgan fingerprint density at radius 2 is 1.91 bits per heavy atom. The number of anilines is 3. The highest BCUT2D eigenvalue weighted by atomic mass is 35.5. The average Bonchev–Trinajstić information content (AvgIpc) is 3.38. The van der Waals surface area contributed by atoms with Crippen molar-refractivity contribution < 1.29 is 31.6 Å². The first-order valence-electron chi connectivity index (χ1n) is 14.5. The van der Waals surface area contributed by atoms with E-state index in [1.165, 1.54) is 52.4 Å². The fraction of sp³-hybridized carbons (Fsp3) is 0.344. The normalized spacial score (nSPS) is 18.4. The molecule has 2 atom stereocenters. The molecule has 46 heavy (non-hydrogen) atoms. The highest BCUT2D eigenvalue weighted by Gasteiger charge is 2.47. The van der Waals surface area contributed by atoms with E-state index in [1.807, 2.05) is 6.07 Å². The summed E-state index contributed by atoms with van der Waals surface area (Å²) in [5.41, 5.74) is 0.731. The van der Waals surface area contributed by atoms with Gasteiger partial charge in [0.05, 0.1) is 23.6 Å². The van der Waals surface area contributed by atoms with Crippen LogP contribution in [0.1, 0.15) is 55.7 Å². The third-order valence-electron chi connectivity index (χ3n) is 8.02. The number of hydrogen-bond donors (Lipinski definition) is 1. The molecule has 1 aliphatic heterocycles. The molecule has 1 saturated heterocycles. The number of carbonyl (C=O) groups is 3. The molecule has 1 N–H and O–H groups in total. The molecule has 14 heteroatoms.